The second-order valence-electron chi connectivity index (χ2n) is 6.18. The summed E-state index contributed by atoms with van der Waals surface area (Å²) in [6.45, 7) is 6.30. The minimum atomic E-state index is -0.543. The number of ether oxygens (including phenoxy) is 2. The van der Waals surface area contributed by atoms with Crippen LogP contribution in [0.4, 0.5) is 4.79 Å². The SMILES string of the molecule is COC(=O)[C@@H]1CN(C(=O)OC(C)(C)C)C[C@@H]1c1ccsc1. The number of nitrogens with zero attached hydrogens (tertiary/aromatic N) is 1. The summed E-state index contributed by atoms with van der Waals surface area (Å²) in [7, 11) is 1.38. The summed E-state index contributed by atoms with van der Waals surface area (Å²) < 4.78 is 10.3. The zero-order chi connectivity index (χ0) is 15.6. The van der Waals surface area contributed by atoms with E-state index in [0.29, 0.717) is 13.1 Å². The lowest BCUT2D eigenvalue weighted by Gasteiger charge is -2.24. The van der Waals surface area contributed by atoms with Crippen LogP contribution in [0, 0.1) is 5.92 Å². The van der Waals surface area contributed by atoms with E-state index in [2.05, 4.69) is 0 Å². The molecule has 2 atom stereocenters. The Kier molecular flexibility index (Phi) is 4.56. The Hall–Kier alpha value is -1.56. The molecule has 1 aromatic rings. The number of esters is 1. The van der Waals surface area contributed by atoms with E-state index in [9.17, 15) is 9.59 Å². The number of thiophene rings is 1. The Bertz CT molecular complexity index is 506. The molecule has 2 rings (SSSR count). The summed E-state index contributed by atoms with van der Waals surface area (Å²) in [5.41, 5.74) is 0.527. The predicted molar refractivity (Wildman–Crippen MR) is 80.4 cm³/mol. The quantitative estimate of drug-likeness (QED) is 0.788. The normalized spacial score (nSPS) is 22.2. The van der Waals surface area contributed by atoms with Gasteiger partial charge in [-0.3, -0.25) is 4.79 Å². The van der Waals surface area contributed by atoms with Crippen molar-refractivity contribution < 1.29 is 19.1 Å². The molecule has 0 aliphatic carbocycles. The van der Waals surface area contributed by atoms with Crippen LogP contribution in [0.15, 0.2) is 16.8 Å². The third kappa shape index (κ3) is 3.75. The average molecular weight is 311 g/mol. The molecule has 0 saturated carbocycles. The van der Waals surface area contributed by atoms with Crippen molar-refractivity contribution in [3.8, 4) is 0 Å². The Morgan fingerprint density at radius 1 is 1.33 bits per heavy atom. The van der Waals surface area contributed by atoms with Crippen molar-refractivity contribution in [3.05, 3.63) is 22.4 Å². The molecular weight excluding hydrogens is 290 g/mol. The third-order valence-corrected chi connectivity index (χ3v) is 4.15. The van der Waals surface area contributed by atoms with E-state index >= 15 is 0 Å². The molecule has 2 heterocycles. The number of carbonyl (C=O) groups is 2. The molecule has 0 radical (unpaired) electrons. The van der Waals surface area contributed by atoms with Gasteiger partial charge in [-0.05, 0) is 43.2 Å². The van der Waals surface area contributed by atoms with Crippen molar-refractivity contribution in [2.45, 2.75) is 32.3 Å². The van der Waals surface area contributed by atoms with Gasteiger partial charge in [0, 0.05) is 19.0 Å². The first-order valence-electron chi connectivity index (χ1n) is 6.89. The molecule has 0 spiro atoms. The van der Waals surface area contributed by atoms with Gasteiger partial charge in [0.2, 0.25) is 0 Å². The van der Waals surface area contributed by atoms with Gasteiger partial charge in [-0.1, -0.05) is 0 Å². The van der Waals surface area contributed by atoms with Crippen molar-refractivity contribution >= 4 is 23.4 Å². The Morgan fingerprint density at radius 3 is 2.57 bits per heavy atom. The fourth-order valence-electron chi connectivity index (χ4n) is 2.49. The first kappa shape index (κ1) is 15.8. The molecule has 1 aliphatic rings. The topological polar surface area (TPSA) is 55.8 Å². The van der Waals surface area contributed by atoms with E-state index in [4.69, 9.17) is 9.47 Å². The number of amides is 1. The minimum Gasteiger partial charge on any atom is -0.469 e. The summed E-state index contributed by atoms with van der Waals surface area (Å²) in [5, 5.41) is 3.99. The summed E-state index contributed by atoms with van der Waals surface area (Å²) >= 11 is 1.58. The van der Waals surface area contributed by atoms with Crippen molar-refractivity contribution in [2.75, 3.05) is 20.2 Å². The zero-order valence-corrected chi connectivity index (χ0v) is 13.6. The summed E-state index contributed by atoms with van der Waals surface area (Å²) in [5.74, 6) is -0.648. The van der Waals surface area contributed by atoms with E-state index in [1.807, 2.05) is 37.6 Å². The molecule has 1 amide bonds. The highest BCUT2D eigenvalue weighted by molar-refractivity contribution is 7.08. The highest BCUT2D eigenvalue weighted by Crippen LogP contribution is 2.35. The lowest BCUT2D eigenvalue weighted by atomic mass is 9.91. The molecule has 0 N–H and O–H groups in total. The number of carbonyl (C=O) groups excluding carboxylic acids is 2. The van der Waals surface area contributed by atoms with Crippen LogP contribution in [0.3, 0.4) is 0 Å². The van der Waals surface area contributed by atoms with Crippen LogP contribution < -0.4 is 0 Å². The third-order valence-electron chi connectivity index (χ3n) is 3.45. The predicted octanol–water partition coefficient (Wildman–Crippen LogP) is 2.87. The maximum atomic E-state index is 12.2. The standard InChI is InChI=1S/C15H21NO4S/c1-15(2,3)20-14(18)16-7-11(10-5-6-21-9-10)12(8-16)13(17)19-4/h5-6,9,11-12H,7-8H2,1-4H3/t11-,12-/m1/s1. The highest BCUT2D eigenvalue weighted by Gasteiger charge is 2.42. The molecule has 5 nitrogen and oxygen atoms in total. The zero-order valence-electron chi connectivity index (χ0n) is 12.8. The van der Waals surface area contributed by atoms with Gasteiger partial charge in [-0.25, -0.2) is 4.79 Å². The van der Waals surface area contributed by atoms with Crippen LogP contribution in [0.1, 0.15) is 32.3 Å². The Labute approximate surface area is 128 Å². The van der Waals surface area contributed by atoms with Crippen molar-refractivity contribution in [1.29, 1.82) is 0 Å². The van der Waals surface area contributed by atoms with E-state index in [1.54, 1.807) is 16.2 Å². The molecule has 0 bridgehead atoms. The van der Waals surface area contributed by atoms with Crippen molar-refractivity contribution in [2.24, 2.45) is 5.92 Å². The molecule has 6 heteroatoms. The Morgan fingerprint density at radius 2 is 2.05 bits per heavy atom. The average Bonchev–Trinajstić information content (AvgIpc) is 3.04. The van der Waals surface area contributed by atoms with E-state index in [-0.39, 0.29) is 23.9 Å². The number of rotatable bonds is 2. The van der Waals surface area contributed by atoms with Crippen molar-refractivity contribution in [3.63, 3.8) is 0 Å². The molecule has 1 aromatic heterocycles. The monoisotopic (exact) mass is 311 g/mol. The van der Waals surface area contributed by atoms with Gasteiger partial charge in [0.1, 0.15) is 5.60 Å². The first-order valence-corrected chi connectivity index (χ1v) is 7.84. The fraction of sp³-hybridized carbons (Fsp3) is 0.600. The van der Waals surface area contributed by atoms with Crippen LogP contribution in [0.25, 0.3) is 0 Å². The van der Waals surface area contributed by atoms with Gasteiger partial charge in [0.25, 0.3) is 0 Å². The van der Waals surface area contributed by atoms with Gasteiger partial charge in [0.05, 0.1) is 13.0 Å². The minimum absolute atomic E-state index is 0.0313. The van der Waals surface area contributed by atoms with E-state index in [0.717, 1.165) is 5.56 Å². The molecule has 21 heavy (non-hydrogen) atoms. The number of methoxy groups -OCH3 is 1. The van der Waals surface area contributed by atoms with Gasteiger partial charge < -0.3 is 14.4 Å². The summed E-state index contributed by atoms with van der Waals surface area (Å²) in [4.78, 5) is 25.8. The number of likely N-dealkylation sites (tertiary alicyclic amines) is 1. The van der Waals surface area contributed by atoms with Crippen LogP contribution in [-0.2, 0) is 14.3 Å². The van der Waals surface area contributed by atoms with Crippen LogP contribution in [-0.4, -0.2) is 42.8 Å². The Balaban J connectivity index is 2.14. The van der Waals surface area contributed by atoms with Gasteiger partial charge in [-0.2, -0.15) is 11.3 Å². The van der Waals surface area contributed by atoms with Crippen LogP contribution in [0.2, 0.25) is 0 Å². The second kappa shape index (κ2) is 6.05. The van der Waals surface area contributed by atoms with Crippen molar-refractivity contribution in [1.82, 2.24) is 4.90 Å². The molecule has 1 saturated heterocycles. The van der Waals surface area contributed by atoms with Crippen LogP contribution in [0.5, 0.6) is 0 Å². The van der Waals surface area contributed by atoms with Gasteiger partial charge in [-0.15, -0.1) is 0 Å². The largest absolute Gasteiger partial charge is 0.469 e. The molecular formula is C15H21NO4S. The van der Waals surface area contributed by atoms with Gasteiger partial charge in [0.15, 0.2) is 0 Å². The molecule has 1 aliphatic heterocycles. The van der Waals surface area contributed by atoms with E-state index < -0.39 is 5.60 Å². The highest BCUT2D eigenvalue weighted by atomic mass is 32.1. The summed E-state index contributed by atoms with van der Waals surface area (Å²) in [6, 6.07) is 1.99. The second-order valence-corrected chi connectivity index (χ2v) is 6.96. The number of hydrogen-bond acceptors (Lipinski definition) is 5. The number of hydrogen-bond donors (Lipinski definition) is 0. The molecule has 0 unspecified atom stereocenters. The summed E-state index contributed by atoms with van der Waals surface area (Å²) in [6.07, 6.45) is -0.380. The molecule has 116 valence electrons. The molecule has 0 aromatic carbocycles. The molecule has 1 fully saturated rings. The van der Waals surface area contributed by atoms with Crippen LogP contribution >= 0.6 is 11.3 Å². The maximum Gasteiger partial charge on any atom is 0.410 e. The lowest BCUT2D eigenvalue weighted by Crippen LogP contribution is -2.36. The van der Waals surface area contributed by atoms with E-state index in [1.165, 1.54) is 7.11 Å². The van der Waals surface area contributed by atoms with Gasteiger partial charge >= 0.3 is 12.1 Å². The maximum absolute atomic E-state index is 12.2. The lowest BCUT2D eigenvalue weighted by molar-refractivity contribution is -0.145. The first-order chi connectivity index (χ1) is 9.81. The fourth-order valence-corrected chi connectivity index (χ4v) is 3.22. The smallest absolute Gasteiger partial charge is 0.410 e.